The summed E-state index contributed by atoms with van der Waals surface area (Å²) in [6.07, 6.45) is 2.61. The molecule has 1 saturated heterocycles. The van der Waals surface area contributed by atoms with Gasteiger partial charge in [-0.15, -0.1) is 24.8 Å². The lowest BCUT2D eigenvalue weighted by Crippen LogP contribution is -2.45. The lowest BCUT2D eigenvalue weighted by atomic mass is 9.99. The van der Waals surface area contributed by atoms with Crippen LogP contribution in [0.25, 0.3) is 0 Å². The monoisotopic (exact) mass is 334 g/mol. The summed E-state index contributed by atoms with van der Waals surface area (Å²) in [7, 11) is 1.59. The Morgan fingerprint density at radius 3 is 2.43 bits per heavy atom. The minimum atomic E-state index is 0. The van der Waals surface area contributed by atoms with Gasteiger partial charge in [0.25, 0.3) is 0 Å². The second-order valence-electron chi connectivity index (χ2n) is 5.50. The van der Waals surface area contributed by atoms with E-state index in [0.29, 0.717) is 11.8 Å². The van der Waals surface area contributed by atoms with Gasteiger partial charge in [-0.05, 0) is 36.5 Å². The number of ether oxygens (including phenoxy) is 1. The van der Waals surface area contributed by atoms with E-state index in [0.717, 1.165) is 32.1 Å². The number of phenolic OH excluding ortho intramolecular Hbond substituents is 1. The molecule has 0 spiro atoms. The van der Waals surface area contributed by atoms with Crippen molar-refractivity contribution in [3.8, 4) is 11.5 Å². The highest BCUT2D eigenvalue weighted by Crippen LogP contribution is 2.45. The maximum atomic E-state index is 9.98. The number of piperazine rings is 1. The molecule has 2 aliphatic rings. The summed E-state index contributed by atoms with van der Waals surface area (Å²) < 4.78 is 5.13. The molecule has 0 aromatic heterocycles. The fourth-order valence-electron chi connectivity index (χ4n) is 3.04. The van der Waals surface area contributed by atoms with Gasteiger partial charge in [0.15, 0.2) is 11.5 Å². The molecule has 120 valence electrons. The molecule has 1 aromatic carbocycles. The lowest BCUT2D eigenvalue weighted by Gasteiger charge is -2.35. The SMILES string of the molecule is COc1ccc([C@@H](C2CC2)N2CCNCC2)cc1O.Cl.Cl. The van der Waals surface area contributed by atoms with Gasteiger partial charge >= 0.3 is 0 Å². The van der Waals surface area contributed by atoms with Crippen molar-refractivity contribution in [1.29, 1.82) is 0 Å². The molecule has 2 fully saturated rings. The molecule has 3 rings (SSSR count). The number of hydrogen-bond acceptors (Lipinski definition) is 4. The van der Waals surface area contributed by atoms with Crippen LogP contribution >= 0.6 is 24.8 Å². The molecule has 0 bridgehead atoms. The Hall–Kier alpha value is -0.680. The van der Waals surface area contributed by atoms with Crippen molar-refractivity contribution in [2.45, 2.75) is 18.9 Å². The van der Waals surface area contributed by atoms with Gasteiger partial charge in [0.05, 0.1) is 7.11 Å². The van der Waals surface area contributed by atoms with Crippen molar-refractivity contribution >= 4 is 24.8 Å². The number of aromatic hydroxyl groups is 1. The van der Waals surface area contributed by atoms with E-state index in [2.05, 4.69) is 16.3 Å². The van der Waals surface area contributed by atoms with Gasteiger partial charge in [0, 0.05) is 32.2 Å². The number of nitrogens with one attached hydrogen (secondary N) is 1. The van der Waals surface area contributed by atoms with Crippen LogP contribution in [0.2, 0.25) is 0 Å². The Kier molecular flexibility index (Phi) is 7.07. The third-order valence-corrected chi connectivity index (χ3v) is 4.16. The highest BCUT2D eigenvalue weighted by molar-refractivity contribution is 5.85. The van der Waals surface area contributed by atoms with Crippen molar-refractivity contribution in [2.24, 2.45) is 5.92 Å². The molecule has 1 aliphatic carbocycles. The topological polar surface area (TPSA) is 44.7 Å². The molecule has 6 heteroatoms. The predicted molar refractivity (Wildman–Crippen MR) is 89.1 cm³/mol. The largest absolute Gasteiger partial charge is 0.504 e. The maximum Gasteiger partial charge on any atom is 0.160 e. The van der Waals surface area contributed by atoms with E-state index in [-0.39, 0.29) is 30.6 Å². The second-order valence-corrected chi connectivity index (χ2v) is 5.50. The first-order chi connectivity index (χ1) is 9.29. The van der Waals surface area contributed by atoms with Gasteiger partial charge in [0.1, 0.15) is 0 Å². The molecular weight excluding hydrogens is 311 g/mol. The van der Waals surface area contributed by atoms with Gasteiger partial charge in [-0.25, -0.2) is 0 Å². The molecule has 1 saturated carbocycles. The first-order valence-electron chi connectivity index (χ1n) is 7.11. The smallest absolute Gasteiger partial charge is 0.160 e. The molecule has 1 aliphatic heterocycles. The van der Waals surface area contributed by atoms with Crippen LogP contribution in [-0.4, -0.2) is 43.3 Å². The first-order valence-corrected chi connectivity index (χ1v) is 7.11. The van der Waals surface area contributed by atoms with Crippen LogP contribution in [0, 0.1) is 5.92 Å². The van der Waals surface area contributed by atoms with E-state index in [1.165, 1.54) is 18.4 Å². The third kappa shape index (κ3) is 4.16. The zero-order valence-corrected chi connectivity index (χ0v) is 13.9. The number of halogens is 2. The standard InChI is InChI=1S/C15H22N2O2.2ClH/c1-19-14-5-4-12(10-13(14)18)15(11-2-3-11)17-8-6-16-7-9-17;;/h4-5,10-11,15-16,18H,2-3,6-9H2,1H3;2*1H/t15-;;/m1../s1. The van der Waals surface area contributed by atoms with E-state index in [1.54, 1.807) is 7.11 Å². The van der Waals surface area contributed by atoms with Gasteiger partial charge in [-0.3, -0.25) is 4.90 Å². The van der Waals surface area contributed by atoms with Crippen molar-refractivity contribution in [3.63, 3.8) is 0 Å². The lowest BCUT2D eigenvalue weighted by molar-refractivity contribution is 0.156. The highest BCUT2D eigenvalue weighted by Gasteiger charge is 2.36. The molecule has 4 nitrogen and oxygen atoms in total. The summed E-state index contributed by atoms with van der Waals surface area (Å²) in [6, 6.07) is 6.31. The average molecular weight is 335 g/mol. The molecular formula is C15H24Cl2N2O2. The summed E-state index contributed by atoms with van der Waals surface area (Å²) in [4.78, 5) is 2.55. The van der Waals surface area contributed by atoms with Gasteiger partial charge in [-0.2, -0.15) is 0 Å². The molecule has 1 aromatic rings. The number of phenols is 1. The van der Waals surface area contributed by atoms with Crippen LogP contribution < -0.4 is 10.1 Å². The minimum absolute atomic E-state index is 0. The summed E-state index contributed by atoms with van der Waals surface area (Å²) in [5.41, 5.74) is 1.22. The van der Waals surface area contributed by atoms with Gasteiger partial charge in [0.2, 0.25) is 0 Å². The molecule has 1 atom stereocenters. The molecule has 0 radical (unpaired) electrons. The summed E-state index contributed by atoms with van der Waals surface area (Å²) in [5.74, 6) is 1.56. The fourth-order valence-corrected chi connectivity index (χ4v) is 3.04. The molecule has 21 heavy (non-hydrogen) atoms. The van der Waals surface area contributed by atoms with Crippen LogP contribution in [0.4, 0.5) is 0 Å². The Bertz CT molecular complexity index is 449. The van der Waals surface area contributed by atoms with Crippen LogP contribution in [0.15, 0.2) is 18.2 Å². The minimum Gasteiger partial charge on any atom is -0.504 e. The normalized spacial score (nSPS) is 20.0. The van der Waals surface area contributed by atoms with Gasteiger partial charge in [-0.1, -0.05) is 6.07 Å². The number of benzene rings is 1. The molecule has 2 N–H and O–H groups in total. The second kappa shape index (κ2) is 8.08. The zero-order valence-electron chi connectivity index (χ0n) is 12.2. The summed E-state index contributed by atoms with van der Waals surface area (Å²) in [6.45, 7) is 4.30. The Morgan fingerprint density at radius 1 is 1.24 bits per heavy atom. The van der Waals surface area contributed by atoms with Crippen molar-refractivity contribution in [2.75, 3.05) is 33.3 Å². The highest BCUT2D eigenvalue weighted by atomic mass is 35.5. The average Bonchev–Trinajstić information content (AvgIpc) is 3.25. The Balaban J connectivity index is 0.00000110. The third-order valence-electron chi connectivity index (χ3n) is 4.16. The summed E-state index contributed by atoms with van der Waals surface area (Å²) in [5, 5.41) is 13.4. The number of rotatable bonds is 4. The van der Waals surface area contributed by atoms with E-state index in [9.17, 15) is 5.11 Å². The Labute approximate surface area is 138 Å². The van der Waals surface area contributed by atoms with Crippen molar-refractivity contribution < 1.29 is 9.84 Å². The van der Waals surface area contributed by atoms with Crippen LogP contribution in [-0.2, 0) is 0 Å². The van der Waals surface area contributed by atoms with Crippen molar-refractivity contribution in [1.82, 2.24) is 10.2 Å². The maximum absolute atomic E-state index is 9.98. The predicted octanol–water partition coefficient (Wildman–Crippen LogP) is 2.60. The van der Waals surface area contributed by atoms with E-state index < -0.39 is 0 Å². The van der Waals surface area contributed by atoms with Crippen LogP contribution in [0.3, 0.4) is 0 Å². The Morgan fingerprint density at radius 2 is 1.90 bits per heavy atom. The fraction of sp³-hybridized carbons (Fsp3) is 0.600. The molecule has 1 heterocycles. The number of methoxy groups -OCH3 is 1. The van der Waals surface area contributed by atoms with Crippen LogP contribution in [0.5, 0.6) is 11.5 Å². The van der Waals surface area contributed by atoms with E-state index >= 15 is 0 Å². The van der Waals surface area contributed by atoms with Crippen LogP contribution in [0.1, 0.15) is 24.4 Å². The number of hydrogen-bond donors (Lipinski definition) is 2. The summed E-state index contributed by atoms with van der Waals surface area (Å²) >= 11 is 0. The van der Waals surface area contributed by atoms with Gasteiger partial charge < -0.3 is 15.2 Å². The van der Waals surface area contributed by atoms with E-state index in [4.69, 9.17) is 4.74 Å². The first kappa shape index (κ1) is 18.4. The molecule has 0 amide bonds. The van der Waals surface area contributed by atoms with E-state index in [1.807, 2.05) is 12.1 Å². The zero-order chi connectivity index (χ0) is 13.2. The van der Waals surface area contributed by atoms with Crippen molar-refractivity contribution in [3.05, 3.63) is 23.8 Å². The quantitative estimate of drug-likeness (QED) is 0.888. The molecule has 0 unspecified atom stereocenters. The number of nitrogens with zero attached hydrogens (tertiary/aromatic N) is 1.